The number of aryl methyl sites for hydroxylation is 2. The molecular formula is C14H22BrN3O. The number of nitrogens with one attached hydrogen (secondary N) is 1. The van der Waals surface area contributed by atoms with Gasteiger partial charge in [0.1, 0.15) is 5.78 Å². The monoisotopic (exact) mass is 327 g/mol. The molecule has 1 saturated heterocycles. The number of Topliss-reactive ketones (excluding diaryl/α,β-unsaturated/α-hetero) is 1. The summed E-state index contributed by atoms with van der Waals surface area (Å²) in [5.41, 5.74) is 2.10. The highest BCUT2D eigenvalue weighted by Crippen LogP contribution is 2.25. The number of aromatic nitrogens is 2. The van der Waals surface area contributed by atoms with Crippen LogP contribution in [0.5, 0.6) is 0 Å². The van der Waals surface area contributed by atoms with E-state index in [-0.39, 0.29) is 5.92 Å². The van der Waals surface area contributed by atoms with Crippen molar-refractivity contribution in [3.63, 3.8) is 0 Å². The van der Waals surface area contributed by atoms with Gasteiger partial charge in [-0.25, -0.2) is 0 Å². The van der Waals surface area contributed by atoms with Crippen LogP contribution in [0, 0.1) is 5.92 Å². The average molecular weight is 328 g/mol. The van der Waals surface area contributed by atoms with Gasteiger partial charge < -0.3 is 5.32 Å². The number of piperidine rings is 1. The molecule has 1 aliphatic rings. The summed E-state index contributed by atoms with van der Waals surface area (Å²) in [6.45, 7) is 6.89. The molecule has 0 bridgehead atoms. The van der Waals surface area contributed by atoms with E-state index in [1.807, 2.05) is 4.68 Å². The van der Waals surface area contributed by atoms with Gasteiger partial charge >= 0.3 is 0 Å². The van der Waals surface area contributed by atoms with Crippen LogP contribution in [-0.4, -0.2) is 28.7 Å². The van der Waals surface area contributed by atoms with E-state index in [0.717, 1.165) is 54.8 Å². The van der Waals surface area contributed by atoms with Crippen molar-refractivity contribution in [2.45, 2.75) is 46.1 Å². The smallest absolute Gasteiger partial charge is 0.142 e. The summed E-state index contributed by atoms with van der Waals surface area (Å²) >= 11 is 3.61. The minimum absolute atomic E-state index is 0.221. The Labute approximate surface area is 123 Å². The summed E-state index contributed by atoms with van der Waals surface area (Å²) in [6, 6.07) is 0. The van der Waals surface area contributed by atoms with Crippen LogP contribution in [0.15, 0.2) is 4.47 Å². The molecular weight excluding hydrogens is 306 g/mol. The fourth-order valence-corrected chi connectivity index (χ4v) is 3.34. The van der Waals surface area contributed by atoms with Gasteiger partial charge in [-0.3, -0.25) is 9.48 Å². The van der Waals surface area contributed by atoms with Gasteiger partial charge in [0, 0.05) is 18.9 Å². The van der Waals surface area contributed by atoms with Crippen molar-refractivity contribution in [3.05, 3.63) is 15.9 Å². The maximum Gasteiger partial charge on any atom is 0.142 e. The number of hydrogen-bond acceptors (Lipinski definition) is 3. The van der Waals surface area contributed by atoms with Crippen molar-refractivity contribution in [3.8, 4) is 0 Å². The van der Waals surface area contributed by atoms with Crippen LogP contribution in [-0.2, 0) is 24.2 Å². The lowest BCUT2D eigenvalue weighted by atomic mass is 9.91. The molecule has 5 heteroatoms. The molecule has 106 valence electrons. The molecule has 1 aliphatic heterocycles. The number of carbonyl (C=O) groups excluding carboxylic acids is 1. The van der Waals surface area contributed by atoms with E-state index in [0.29, 0.717) is 12.2 Å². The van der Waals surface area contributed by atoms with Crippen LogP contribution >= 0.6 is 15.9 Å². The second-order valence-corrected chi connectivity index (χ2v) is 5.84. The summed E-state index contributed by atoms with van der Waals surface area (Å²) in [4.78, 5) is 12.4. The van der Waals surface area contributed by atoms with E-state index in [2.05, 4.69) is 40.2 Å². The number of nitrogens with zero attached hydrogens (tertiary/aromatic N) is 2. The van der Waals surface area contributed by atoms with Crippen LogP contribution in [0.4, 0.5) is 0 Å². The lowest BCUT2D eigenvalue weighted by molar-refractivity contribution is -0.123. The molecule has 0 unspecified atom stereocenters. The number of halogens is 1. The second-order valence-electron chi connectivity index (χ2n) is 5.04. The fourth-order valence-electron chi connectivity index (χ4n) is 2.64. The van der Waals surface area contributed by atoms with E-state index in [1.165, 1.54) is 0 Å². The van der Waals surface area contributed by atoms with Crippen molar-refractivity contribution in [2.75, 3.05) is 13.1 Å². The first-order valence-electron chi connectivity index (χ1n) is 7.14. The summed E-state index contributed by atoms with van der Waals surface area (Å²) < 4.78 is 2.99. The van der Waals surface area contributed by atoms with Gasteiger partial charge in [0.2, 0.25) is 0 Å². The molecule has 2 rings (SSSR count). The predicted molar refractivity (Wildman–Crippen MR) is 79.3 cm³/mol. The molecule has 1 aromatic rings. The number of rotatable bonds is 5. The molecule has 0 saturated carbocycles. The molecule has 1 fully saturated rings. The average Bonchev–Trinajstić information content (AvgIpc) is 2.76. The van der Waals surface area contributed by atoms with Crippen molar-refractivity contribution in [1.82, 2.24) is 15.1 Å². The van der Waals surface area contributed by atoms with Crippen LogP contribution in [0.1, 0.15) is 38.1 Å². The normalized spacial score (nSPS) is 16.8. The predicted octanol–water partition coefficient (Wildman–Crippen LogP) is 2.34. The molecule has 0 spiro atoms. The van der Waals surface area contributed by atoms with Gasteiger partial charge in [-0.1, -0.05) is 6.92 Å². The van der Waals surface area contributed by atoms with Crippen LogP contribution in [0.2, 0.25) is 0 Å². The van der Waals surface area contributed by atoms with E-state index in [4.69, 9.17) is 0 Å². The Balaban J connectivity index is 2.13. The maximum absolute atomic E-state index is 12.4. The van der Waals surface area contributed by atoms with E-state index in [9.17, 15) is 4.79 Å². The highest BCUT2D eigenvalue weighted by Gasteiger charge is 2.24. The zero-order valence-electron chi connectivity index (χ0n) is 11.7. The van der Waals surface area contributed by atoms with Gasteiger partial charge in [0.15, 0.2) is 0 Å². The number of hydrogen-bond donors (Lipinski definition) is 1. The lowest BCUT2D eigenvalue weighted by Gasteiger charge is -2.21. The molecule has 0 radical (unpaired) electrons. The SMILES string of the molecule is CCc1nn(CC)c(CC(=O)C2CCNCC2)c1Br. The minimum atomic E-state index is 0.221. The number of carbonyl (C=O) groups is 1. The van der Waals surface area contributed by atoms with E-state index in [1.54, 1.807) is 0 Å². The Hall–Kier alpha value is -0.680. The Morgan fingerprint density at radius 2 is 2.11 bits per heavy atom. The van der Waals surface area contributed by atoms with Gasteiger partial charge in [0.05, 0.1) is 15.9 Å². The summed E-state index contributed by atoms with van der Waals surface area (Å²) in [5.74, 6) is 0.581. The fraction of sp³-hybridized carbons (Fsp3) is 0.714. The largest absolute Gasteiger partial charge is 0.317 e. The van der Waals surface area contributed by atoms with Crippen molar-refractivity contribution in [2.24, 2.45) is 5.92 Å². The van der Waals surface area contributed by atoms with Gasteiger partial charge in [-0.15, -0.1) is 0 Å². The first-order chi connectivity index (χ1) is 9.17. The molecule has 1 N–H and O–H groups in total. The van der Waals surface area contributed by atoms with E-state index >= 15 is 0 Å². The minimum Gasteiger partial charge on any atom is -0.317 e. The molecule has 2 heterocycles. The zero-order chi connectivity index (χ0) is 13.8. The van der Waals surface area contributed by atoms with Crippen LogP contribution in [0.3, 0.4) is 0 Å². The third kappa shape index (κ3) is 3.26. The molecule has 0 aliphatic carbocycles. The highest BCUT2D eigenvalue weighted by atomic mass is 79.9. The molecule has 0 aromatic carbocycles. The van der Waals surface area contributed by atoms with E-state index < -0.39 is 0 Å². The highest BCUT2D eigenvalue weighted by molar-refractivity contribution is 9.10. The Bertz CT molecular complexity index is 450. The third-order valence-corrected chi connectivity index (χ3v) is 4.75. The van der Waals surface area contributed by atoms with Crippen molar-refractivity contribution < 1.29 is 4.79 Å². The Morgan fingerprint density at radius 3 is 2.68 bits per heavy atom. The molecule has 1 aromatic heterocycles. The molecule has 19 heavy (non-hydrogen) atoms. The van der Waals surface area contributed by atoms with Crippen molar-refractivity contribution in [1.29, 1.82) is 0 Å². The second kappa shape index (κ2) is 6.66. The Morgan fingerprint density at radius 1 is 1.42 bits per heavy atom. The molecule has 0 amide bonds. The van der Waals surface area contributed by atoms with Crippen molar-refractivity contribution >= 4 is 21.7 Å². The zero-order valence-corrected chi connectivity index (χ0v) is 13.3. The molecule has 0 atom stereocenters. The number of ketones is 1. The quantitative estimate of drug-likeness (QED) is 0.902. The summed E-state index contributed by atoms with van der Waals surface area (Å²) in [5, 5.41) is 7.85. The molecule has 4 nitrogen and oxygen atoms in total. The Kier molecular flexibility index (Phi) is 5.16. The van der Waals surface area contributed by atoms with Crippen LogP contribution in [0.25, 0.3) is 0 Å². The van der Waals surface area contributed by atoms with Gasteiger partial charge in [0.25, 0.3) is 0 Å². The van der Waals surface area contributed by atoms with Gasteiger partial charge in [-0.05, 0) is 55.2 Å². The third-order valence-electron chi connectivity index (χ3n) is 3.83. The summed E-state index contributed by atoms with van der Waals surface area (Å²) in [6.07, 6.45) is 3.34. The standard InChI is InChI=1S/C14H22BrN3O/c1-3-11-14(15)12(18(4-2)17-11)9-13(19)10-5-7-16-8-6-10/h10,16H,3-9H2,1-2H3. The lowest BCUT2D eigenvalue weighted by Crippen LogP contribution is -2.32. The first-order valence-corrected chi connectivity index (χ1v) is 7.94. The van der Waals surface area contributed by atoms with Crippen LogP contribution < -0.4 is 5.32 Å². The topological polar surface area (TPSA) is 46.9 Å². The summed E-state index contributed by atoms with van der Waals surface area (Å²) in [7, 11) is 0. The van der Waals surface area contributed by atoms with Gasteiger partial charge in [-0.2, -0.15) is 5.10 Å². The first kappa shape index (κ1) is 14.7. The maximum atomic E-state index is 12.4.